The number of rotatable bonds is 2. The van der Waals surface area contributed by atoms with Crippen LogP contribution in [0.2, 0.25) is 0 Å². The Morgan fingerprint density at radius 1 is 1.19 bits per heavy atom. The Labute approximate surface area is 93.5 Å². The van der Waals surface area contributed by atoms with E-state index in [9.17, 15) is 13.2 Å². The van der Waals surface area contributed by atoms with Crippen molar-refractivity contribution in [3.8, 4) is 5.69 Å². The van der Waals surface area contributed by atoms with Gasteiger partial charge in [-0.3, -0.25) is 4.57 Å². The van der Waals surface area contributed by atoms with Gasteiger partial charge in [-0.1, -0.05) is 0 Å². The highest BCUT2D eigenvalue weighted by Gasteiger charge is 2.16. The zero-order valence-corrected chi connectivity index (χ0v) is 8.55. The molecule has 1 aromatic heterocycles. The van der Waals surface area contributed by atoms with E-state index in [1.54, 1.807) is 0 Å². The molecule has 3 nitrogen and oxygen atoms in total. The molecule has 0 aliphatic rings. The van der Waals surface area contributed by atoms with Gasteiger partial charge < -0.3 is 0 Å². The molecule has 0 fully saturated rings. The second kappa shape index (κ2) is 4.13. The lowest BCUT2D eigenvalue weighted by Gasteiger charge is -2.07. The Kier molecular flexibility index (Phi) is 2.82. The molecule has 16 heavy (non-hydrogen) atoms. The zero-order chi connectivity index (χ0) is 11.7. The minimum Gasteiger partial charge on any atom is -0.279 e. The van der Waals surface area contributed by atoms with Gasteiger partial charge in [0.05, 0.1) is 5.88 Å². The summed E-state index contributed by atoms with van der Waals surface area (Å²) in [6, 6.07) is 1.16. The third-order valence-electron chi connectivity index (χ3n) is 1.96. The van der Waals surface area contributed by atoms with Crippen LogP contribution in [0, 0.1) is 17.5 Å². The molecule has 0 saturated heterocycles. The molecule has 0 N–H and O–H groups in total. The topological polar surface area (TPSA) is 30.7 Å². The lowest BCUT2D eigenvalue weighted by Crippen LogP contribution is -2.05. The summed E-state index contributed by atoms with van der Waals surface area (Å²) in [5, 5.41) is 7.05. The molecule has 0 bridgehead atoms. The quantitative estimate of drug-likeness (QED) is 0.763. The fourth-order valence-corrected chi connectivity index (χ4v) is 1.48. The Morgan fingerprint density at radius 3 is 2.38 bits per heavy atom. The van der Waals surface area contributed by atoms with Crippen LogP contribution in [0.3, 0.4) is 0 Å². The van der Waals surface area contributed by atoms with Crippen molar-refractivity contribution in [2.45, 2.75) is 5.88 Å². The molecule has 0 unspecified atom stereocenters. The SMILES string of the molecule is Fc1cc(F)c(-n2cnnc2CCl)c(F)c1. The van der Waals surface area contributed by atoms with Crippen LogP contribution in [0.25, 0.3) is 5.69 Å². The van der Waals surface area contributed by atoms with E-state index in [4.69, 9.17) is 11.6 Å². The molecule has 0 aliphatic heterocycles. The highest BCUT2D eigenvalue weighted by Crippen LogP contribution is 2.20. The van der Waals surface area contributed by atoms with Crippen LogP contribution in [0.1, 0.15) is 5.82 Å². The van der Waals surface area contributed by atoms with Crippen molar-refractivity contribution in [1.82, 2.24) is 14.8 Å². The monoisotopic (exact) mass is 247 g/mol. The molecule has 0 radical (unpaired) electrons. The molecule has 2 aromatic rings. The van der Waals surface area contributed by atoms with E-state index in [1.807, 2.05) is 0 Å². The fraction of sp³-hybridized carbons (Fsp3) is 0.111. The summed E-state index contributed by atoms with van der Waals surface area (Å²) < 4.78 is 40.5. The largest absolute Gasteiger partial charge is 0.279 e. The lowest BCUT2D eigenvalue weighted by atomic mass is 10.2. The van der Waals surface area contributed by atoms with Crippen LogP contribution in [-0.2, 0) is 5.88 Å². The van der Waals surface area contributed by atoms with E-state index in [0.29, 0.717) is 12.1 Å². The predicted molar refractivity (Wildman–Crippen MR) is 50.8 cm³/mol. The van der Waals surface area contributed by atoms with Crippen molar-refractivity contribution in [1.29, 1.82) is 0 Å². The average Bonchev–Trinajstić information content (AvgIpc) is 2.64. The van der Waals surface area contributed by atoms with Crippen LogP contribution >= 0.6 is 11.6 Å². The van der Waals surface area contributed by atoms with Gasteiger partial charge in [-0.15, -0.1) is 21.8 Å². The Hall–Kier alpha value is -1.56. The van der Waals surface area contributed by atoms with Crippen LogP contribution in [0.5, 0.6) is 0 Å². The number of nitrogens with zero attached hydrogens (tertiary/aromatic N) is 3. The first kappa shape index (κ1) is 10.9. The summed E-state index contributed by atoms with van der Waals surface area (Å²) in [5.41, 5.74) is -0.443. The van der Waals surface area contributed by atoms with E-state index >= 15 is 0 Å². The van der Waals surface area contributed by atoms with Gasteiger partial charge in [0.25, 0.3) is 0 Å². The van der Waals surface area contributed by atoms with E-state index < -0.39 is 23.1 Å². The summed E-state index contributed by atoms with van der Waals surface area (Å²) in [5.74, 6) is -2.95. The van der Waals surface area contributed by atoms with Gasteiger partial charge in [-0.2, -0.15) is 0 Å². The second-order valence-electron chi connectivity index (χ2n) is 2.97. The predicted octanol–water partition coefficient (Wildman–Crippen LogP) is 2.42. The molecule has 1 heterocycles. The number of benzene rings is 1. The van der Waals surface area contributed by atoms with Crippen molar-refractivity contribution < 1.29 is 13.2 Å². The van der Waals surface area contributed by atoms with Crippen LogP contribution in [0.15, 0.2) is 18.5 Å². The average molecular weight is 248 g/mol. The van der Waals surface area contributed by atoms with Crippen LogP contribution in [0.4, 0.5) is 13.2 Å². The van der Waals surface area contributed by atoms with Crippen molar-refractivity contribution >= 4 is 11.6 Å². The van der Waals surface area contributed by atoms with Crippen LogP contribution < -0.4 is 0 Å². The highest BCUT2D eigenvalue weighted by atomic mass is 35.5. The van der Waals surface area contributed by atoms with E-state index in [1.165, 1.54) is 0 Å². The maximum Gasteiger partial charge on any atom is 0.153 e. The standard InChI is InChI=1S/C9H5ClF3N3/c10-3-8-15-14-4-16(8)9-6(12)1-5(11)2-7(9)13/h1-2,4H,3H2. The third-order valence-corrected chi connectivity index (χ3v) is 2.20. The van der Waals surface area contributed by atoms with Gasteiger partial charge in [-0.05, 0) is 0 Å². The summed E-state index contributed by atoms with van der Waals surface area (Å²) in [6.45, 7) is 0. The van der Waals surface area contributed by atoms with Gasteiger partial charge in [0.15, 0.2) is 17.5 Å². The molecule has 2 rings (SSSR count). The maximum absolute atomic E-state index is 13.4. The smallest absolute Gasteiger partial charge is 0.153 e. The van der Waals surface area contributed by atoms with Gasteiger partial charge in [-0.25, -0.2) is 13.2 Å². The molecular formula is C9H5ClF3N3. The summed E-state index contributed by atoms with van der Waals surface area (Å²) in [7, 11) is 0. The Bertz CT molecular complexity index is 503. The molecule has 0 amide bonds. The number of hydrogen-bond donors (Lipinski definition) is 0. The molecule has 84 valence electrons. The number of halogens is 4. The van der Waals surface area contributed by atoms with Gasteiger partial charge in [0, 0.05) is 12.1 Å². The number of alkyl halides is 1. The van der Waals surface area contributed by atoms with Crippen LogP contribution in [-0.4, -0.2) is 14.8 Å². The number of aromatic nitrogens is 3. The molecule has 0 spiro atoms. The summed E-state index contributed by atoms with van der Waals surface area (Å²) >= 11 is 5.52. The van der Waals surface area contributed by atoms with Gasteiger partial charge >= 0.3 is 0 Å². The summed E-state index contributed by atoms with van der Waals surface area (Å²) in [6.07, 6.45) is 1.11. The van der Waals surface area contributed by atoms with E-state index in [0.717, 1.165) is 10.9 Å². The van der Waals surface area contributed by atoms with Crippen molar-refractivity contribution in [2.24, 2.45) is 0 Å². The molecule has 1 aromatic carbocycles. The first-order chi connectivity index (χ1) is 7.63. The minimum atomic E-state index is -1.04. The van der Waals surface area contributed by atoms with Crippen molar-refractivity contribution in [3.05, 3.63) is 41.7 Å². The Balaban J connectivity index is 2.64. The van der Waals surface area contributed by atoms with Crippen molar-refractivity contribution in [2.75, 3.05) is 0 Å². The third kappa shape index (κ3) is 1.76. The first-order valence-corrected chi connectivity index (χ1v) is 4.76. The van der Waals surface area contributed by atoms with E-state index in [-0.39, 0.29) is 11.7 Å². The Morgan fingerprint density at radius 2 is 1.81 bits per heavy atom. The van der Waals surface area contributed by atoms with E-state index in [2.05, 4.69) is 10.2 Å². The van der Waals surface area contributed by atoms with Gasteiger partial charge in [0.1, 0.15) is 17.8 Å². The molecular weight excluding hydrogens is 243 g/mol. The summed E-state index contributed by atoms with van der Waals surface area (Å²) in [4.78, 5) is 0. The lowest BCUT2D eigenvalue weighted by molar-refractivity contribution is 0.532. The molecule has 0 aliphatic carbocycles. The first-order valence-electron chi connectivity index (χ1n) is 4.23. The molecule has 0 atom stereocenters. The molecule has 0 saturated carbocycles. The van der Waals surface area contributed by atoms with Crippen molar-refractivity contribution in [3.63, 3.8) is 0 Å². The second-order valence-corrected chi connectivity index (χ2v) is 3.24. The minimum absolute atomic E-state index is 0.0593. The fourth-order valence-electron chi connectivity index (χ4n) is 1.30. The zero-order valence-electron chi connectivity index (χ0n) is 7.79. The number of hydrogen-bond acceptors (Lipinski definition) is 2. The normalized spacial score (nSPS) is 10.8. The maximum atomic E-state index is 13.4. The van der Waals surface area contributed by atoms with Gasteiger partial charge in [0.2, 0.25) is 0 Å². The highest BCUT2D eigenvalue weighted by molar-refractivity contribution is 6.16. The molecule has 7 heteroatoms.